The molecule has 26 heavy (non-hydrogen) atoms. The van der Waals surface area contributed by atoms with Gasteiger partial charge in [-0.15, -0.1) is 0 Å². The zero-order chi connectivity index (χ0) is 18.7. The van der Waals surface area contributed by atoms with E-state index in [1.807, 2.05) is 23.3 Å². The van der Waals surface area contributed by atoms with Crippen LogP contribution in [0.1, 0.15) is 61.3 Å². The summed E-state index contributed by atoms with van der Waals surface area (Å²) in [6.45, 7) is 7.92. The minimum Gasteiger partial charge on any atom is -0.352 e. The monoisotopic (exact) mass is 358 g/mol. The Morgan fingerprint density at radius 1 is 1.27 bits per heavy atom. The quantitative estimate of drug-likeness (QED) is 0.627. The van der Waals surface area contributed by atoms with E-state index >= 15 is 0 Å². The standard InChI is InChI=1S/C18H30N8/c1-6-14-13(16(7-2)25(5)24-14)11-20-18(19-4)22-15-9-8-10-26-17(15)21-12(3)23-26/h15H,6-11H2,1-5H3,(H2,19,20,22). The van der Waals surface area contributed by atoms with Crippen LogP contribution in [0.2, 0.25) is 0 Å². The van der Waals surface area contributed by atoms with Crippen molar-refractivity contribution in [1.29, 1.82) is 0 Å². The van der Waals surface area contributed by atoms with Crippen LogP contribution < -0.4 is 10.6 Å². The Hall–Kier alpha value is -2.38. The van der Waals surface area contributed by atoms with Crippen molar-refractivity contribution in [2.45, 2.75) is 65.6 Å². The van der Waals surface area contributed by atoms with Crippen LogP contribution in [0, 0.1) is 6.92 Å². The highest BCUT2D eigenvalue weighted by Gasteiger charge is 2.24. The van der Waals surface area contributed by atoms with Crippen LogP contribution in [0.5, 0.6) is 0 Å². The molecule has 0 fully saturated rings. The van der Waals surface area contributed by atoms with Gasteiger partial charge in [0.2, 0.25) is 0 Å². The Balaban J connectivity index is 1.70. The summed E-state index contributed by atoms with van der Waals surface area (Å²) in [4.78, 5) is 8.99. The van der Waals surface area contributed by atoms with Crippen molar-refractivity contribution in [1.82, 2.24) is 35.2 Å². The third-order valence-corrected chi connectivity index (χ3v) is 4.98. The molecule has 142 valence electrons. The number of rotatable bonds is 5. The van der Waals surface area contributed by atoms with Crippen LogP contribution in [0.3, 0.4) is 0 Å². The highest BCUT2D eigenvalue weighted by Crippen LogP contribution is 2.23. The van der Waals surface area contributed by atoms with Gasteiger partial charge in [0.15, 0.2) is 5.96 Å². The molecule has 0 radical (unpaired) electrons. The van der Waals surface area contributed by atoms with Gasteiger partial charge in [-0.05, 0) is 32.6 Å². The number of hydrogen-bond acceptors (Lipinski definition) is 4. The van der Waals surface area contributed by atoms with Crippen molar-refractivity contribution in [3.63, 3.8) is 0 Å². The van der Waals surface area contributed by atoms with E-state index in [9.17, 15) is 0 Å². The van der Waals surface area contributed by atoms with Crippen LogP contribution in [-0.2, 0) is 33.0 Å². The molecule has 0 aliphatic carbocycles. The molecular weight excluding hydrogens is 328 g/mol. The summed E-state index contributed by atoms with van der Waals surface area (Å²) in [5, 5.41) is 16.1. The third kappa shape index (κ3) is 3.59. The second kappa shape index (κ2) is 7.88. The average molecular weight is 358 g/mol. The summed E-state index contributed by atoms with van der Waals surface area (Å²) < 4.78 is 4.01. The Labute approximate surface area is 155 Å². The van der Waals surface area contributed by atoms with Gasteiger partial charge in [-0.25, -0.2) is 9.67 Å². The van der Waals surface area contributed by atoms with Crippen molar-refractivity contribution >= 4 is 5.96 Å². The zero-order valence-corrected chi connectivity index (χ0v) is 16.5. The van der Waals surface area contributed by atoms with Gasteiger partial charge in [0.05, 0.1) is 11.7 Å². The maximum atomic E-state index is 4.65. The van der Waals surface area contributed by atoms with E-state index in [0.29, 0.717) is 0 Å². The molecule has 3 rings (SSSR count). The first-order chi connectivity index (χ1) is 12.6. The van der Waals surface area contributed by atoms with E-state index in [2.05, 4.69) is 44.7 Å². The molecule has 0 saturated carbocycles. The van der Waals surface area contributed by atoms with E-state index in [4.69, 9.17) is 0 Å². The second-order valence-corrected chi connectivity index (χ2v) is 6.71. The summed E-state index contributed by atoms with van der Waals surface area (Å²) in [6.07, 6.45) is 4.03. The number of nitrogens with one attached hydrogen (secondary N) is 2. The predicted molar refractivity (Wildman–Crippen MR) is 102 cm³/mol. The molecule has 2 N–H and O–H groups in total. The number of aromatic nitrogens is 5. The van der Waals surface area contributed by atoms with Gasteiger partial charge in [0.25, 0.3) is 0 Å². The van der Waals surface area contributed by atoms with Gasteiger partial charge in [-0.2, -0.15) is 10.2 Å². The molecule has 2 aromatic rings. The molecule has 2 aromatic heterocycles. The Morgan fingerprint density at radius 3 is 2.77 bits per heavy atom. The summed E-state index contributed by atoms with van der Waals surface area (Å²) in [5.74, 6) is 2.62. The molecule has 3 heterocycles. The molecule has 0 saturated heterocycles. The summed E-state index contributed by atoms with van der Waals surface area (Å²) in [5.41, 5.74) is 3.71. The fourth-order valence-electron chi connectivity index (χ4n) is 3.73. The normalized spacial score (nSPS) is 17.3. The average Bonchev–Trinajstić information content (AvgIpc) is 3.17. The fraction of sp³-hybridized carbons (Fsp3) is 0.667. The lowest BCUT2D eigenvalue weighted by molar-refractivity contribution is 0.397. The van der Waals surface area contributed by atoms with Crippen molar-refractivity contribution in [2.75, 3.05) is 7.05 Å². The van der Waals surface area contributed by atoms with E-state index < -0.39 is 0 Å². The minimum atomic E-state index is 0.140. The largest absolute Gasteiger partial charge is 0.352 e. The topological polar surface area (TPSA) is 85.0 Å². The first-order valence-corrected chi connectivity index (χ1v) is 9.49. The number of nitrogens with zero attached hydrogens (tertiary/aromatic N) is 6. The first kappa shape index (κ1) is 18.4. The third-order valence-electron chi connectivity index (χ3n) is 4.98. The SMILES string of the molecule is CCc1nn(C)c(CC)c1CNC(=NC)NC1CCCn2nc(C)nc21. The molecule has 1 unspecified atom stereocenters. The lowest BCUT2D eigenvalue weighted by Gasteiger charge is -2.25. The zero-order valence-electron chi connectivity index (χ0n) is 16.5. The Morgan fingerprint density at radius 2 is 2.08 bits per heavy atom. The van der Waals surface area contributed by atoms with Crippen molar-refractivity contribution < 1.29 is 0 Å². The van der Waals surface area contributed by atoms with Gasteiger partial charge >= 0.3 is 0 Å². The van der Waals surface area contributed by atoms with E-state index in [0.717, 1.165) is 62.1 Å². The molecule has 0 spiro atoms. The van der Waals surface area contributed by atoms with E-state index in [-0.39, 0.29) is 6.04 Å². The fourth-order valence-corrected chi connectivity index (χ4v) is 3.73. The molecule has 0 aromatic carbocycles. The van der Waals surface area contributed by atoms with Gasteiger partial charge < -0.3 is 10.6 Å². The van der Waals surface area contributed by atoms with Crippen molar-refractivity contribution in [3.05, 3.63) is 28.6 Å². The number of aryl methyl sites for hydroxylation is 4. The lowest BCUT2D eigenvalue weighted by atomic mass is 10.1. The molecule has 8 nitrogen and oxygen atoms in total. The minimum absolute atomic E-state index is 0.140. The van der Waals surface area contributed by atoms with Crippen LogP contribution in [0.15, 0.2) is 4.99 Å². The molecule has 1 aliphatic rings. The van der Waals surface area contributed by atoms with Crippen LogP contribution >= 0.6 is 0 Å². The van der Waals surface area contributed by atoms with Gasteiger partial charge in [-0.1, -0.05) is 13.8 Å². The number of guanidine groups is 1. The molecule has 1 atom stereocenters. The molecule has 0 bridgehead atoms. The maximum absolute atomic E-state index is 4.65. The molecule has 0 amide bonds. The van der Waals surface area contributed by atoms with Crippen LogP contribution in [-0.4, -0.2) is 37.6 Å². The number of aliphatic imine (C=N–C) groups is 1. The molecule has 1 aliphatic heterocycles. The highest BCUT2D eigenvalue weighted by atomic mass is 15.4. The Kier molecular flexibility index (Phi) is 5.58. The summed E-state index contributed by atoms with van der Waals surface area (Å²) in [6, 6.07) is 0.140. The summed E-state index contributed by atoms with van der Waals surface area (Å²) in [7, 11) is 3.82. The number of hydrogen-bond donors (Lipinski definition) is 2. The number of fused-ring (bicyclic) bond motifs is 1. The lowest BCUT2D eigenvalue weighted by Crippen LogP contribution is -2.41. The highest BCUT2D eigenvalue weighted by molar-refractivity contribution is 5.80. The van der Waals surface area contributed by atoms with E-state index in [1.165, 1.54) is 11.3 Å². The van der Waals surface area contributed by atoms with Gasteiger partial charge in [0.1, 0.15) is 11.6 Å². The summed E-state index contributed by atoms with van der Waals surface area (Å²) >= 11 is 0. The maximum Gasteiger partial charge on any atom is 0.191 e. The van der Waals surface area contributed by atoms with Gasteiger partial charge in [-0.3, -0.25) is 9.67 Å². The Bertz CT molecular complexity index is 785. The van der Waals surface area contributed by atoms with Gasteiger partial charge in [0, 0.05) is 38.4 Å². The first-order valence-electron chi connectivity index (χ1n) is 9.49. The van der Waals surface area contributed by atoms with Crippen LogP contribution in [0.4, 0.5) is 0 Å². The van der Waals surface area contributed by atoms with E-state index in [1.54, 1.807) is 7.05 Å². The second-order valence-electron chi connectivity index (χ2n) is 6.71. The molecule has 8 heteroatoms. The van der Waals surface area contributed by atoms with Crippen molar-refractivity contribution in [3.8, 4) is 0 Å². The predicted octanol–water partition coefficient (Wildman–Crippen LogP) is 1.64. The molecular formula is C18H30N8. The van der Waals surface area contributed by atoms with Crippen molar-refractivity contribution in [2.24, 2.45) is 12.0 Å². The smallest absolute Gasteiger partial charge is 0.191 e. The van der Waals surface area contributed by atoms with Crippen LogP contribution in [0.25, 0.3) is 0 Å².